The lowest BCUT2D eigenvalue weighted by Crippen LogP contribution is -2.45. The van der Waals surface area contributed by atoms with E-state index in [9.17, 15) is 9.90 Å². The molecule has 212 valence electrons. The maximum atomic E-state index is 13.4. The van der Waals surface area contributed by atoms with Gasteiger partial charge in [0.15, 0.2) is 17.3 Å². The minimum atomic E-state index is -0.149. The number of benzene rings is 4. The van der Waals surface area contributed by atoms with Gasteiger partial charge in [0.2, 0.25) is 12.6 Å². The van der Waals surface area contributed by atoms with E-state index in [1.807, 2.05) is 55.5 Å². The molecule has 3 aliphatic heterocycles. The van der Waals surface area contributed by atoms with Gasteiger partial charge in [0.05, 0.1) is 11.1 Å². The van der Waals surface area contributed by atoms with Crippen LogP contribution < -0.4 is 14.2 Å². The Morgan fingerprint density at radius 3 is 2.26 bits per heavy atom. The van der Waals surface area contributed by atoms with Crippen molar-refractivity contribution in [1.29, 1.82) is 0 Å². The number of ketones is 1. The van der Waals surface area contributed by atoms with Crippen LogP contribution in [0.4, 0.5) is 0 Å². The Morgan fingerprint density at radius 1 is 0.810 bits per heavy atom. The van der Waals surface area contributed by atoms with Crippen molar-refractivity contribution in [1.82, 2.24) is 9.80 Å². The van der Waals surface area contributed by atoms with Crippen LogP contribution in [0, 0.1) is 6.92 Å². The molecular formula is C35H32N2O5. The Bertz CT molecular complexity index is 1670. The molecule has 1 fully saturated rings. The molecule has 1 saturated heterocycles. The predicted octanol–water partition coefficient (Wildman–Crippen LogP) is 6.03. The van der Waals surface area contributed by atoms with Crippen LogP contribution in [0.1, 0.15) is 32.6 Å². The number of Topliss-reactive ketones (excluding diaryl/α,β-unsaturated/α-hetero) is 1. The first-order valence-electron chi connectivity index (χ1n) is 14.3. The van der Waals surface area contributed by atoms with Gasteiger partial charge in [-0.3, -0.25) is 14.6 Å². The third-order valence-electron chi connectivity index (χ3n) is 8.23. The number of carbonyl (C=O) groups is 1. The Hall–Kier alpha value is -4.59. The fourth-order valence-electron chi connectivity index (χ4n) is 5.91. The summed E-state index contributed by atoms with van der Waals surface area (Å²) in [6.07, 6.45) is 1.78. The van der Waals surface area contributed by atoms with Gasteiger partial charge < -0.3 is 19.3 Å². The lowest BCUT2D eigenvalue weighted by atomic mass is 9.98. The second-order valence-corrected chi connectivity index (χ2v) is 11.1. The molecule has 0 aromatic heterocycles. The number of rotatable bonds is 6. The molecule has 7 heteroatoms. The number of phenolic OH excluding ortho intramolecular Hbond substituents is 1. The van der Waals surface area contributed by atoms with Gasteiger partial charge in [0, 0.05) is 39.3 Å². The molecule has 42 heavy (non-hydrogen) atoms. The largest absolute Gasteiger partial charge is 0.507 e. The summed E-state index contributed by atoms with van der Waals surface area (Å²) in [7, 11) is 0. The van der Waals surface area contributed by atoms with Crippen LogP contribution in [0.2, 0.25) is 0 Å². The highest BCUT2D eigenvalue weighted by atomic mass is 16.7. The highest BCUT2D eigenvalue weighted by Gasteiger charge is 2.34. The zero-order valence-electron chi connectivity index (χ0n) is 23.5. The van der Waals surface area contributed by atoms with Crippen molar-refractivity contribution in [3.8, 4) is 34.1 Å². The minimum Gasteiger partial charge on any atom is -0.507 e. The molecule has 4 aromatic carbocycles. The zero-order valence-corrected chi connectivity index (χ0v) is 23.5. The van der Waals surface area contributed by atoms with Gasteiger partial charge in [0.1, 0.15) is 11.5 Å². The first kappa shape index (κ1) is 26.3. The van der Waals surface area contributed by atoms with Gasteiger partial charge in [-0.2, -0.15) is 0 Å². The van der Waals surface area contributed by atoms with Crippen LogP contribution in [-0.4, -0.2) is 53.7 Å². The van der Waals surface area contributed by atoms with E-state index in [1.165, 1.54) is 5.56 Å². The Morgan fingerprint density at radius 2 is 1.50 bits per heavy atom. The summed E-state index contributed by atoms with van der Waals surface area (Å²) in [5, 5.41) is 10.9. The highest BCUT2D eigenvalue weighted by molar-refractivity contribution is 6.15. The zero-order chi connectivity index (χ0) is 28.6. The van der Waals surface area contributed by atoms with Crippen LogP contribution in [0.3, 0.4) is 0 Å². The van der Waals surface area contributed by atoms with E-state index < -0.39 is 0 Å². The van der Waals surface area contributed by atoms with E-state index in [4.69, 9.17) is 14.2 Å². The molecule has 1 N–H and O–H groups in total. The second-order valence-electron chi connectivity index (χ2n) is 11.1. The smallest absolute Gasteiger partial charge is 0.232 e. The van der Waals surface area contributed by atoms with Gasteiger partial charge in [-0.05, 0) is 59.0 Å². The lowest BCUT2D eigenvalue weighted by Gasteiger charge is -2.35. The molecule has 0 aliphatic carbocycles. The van der Waals surface area contributed by atoms with E-state index >= 15 is 0 Å². The van der Waals surface area contributed by atoms with Crippen molar-refractivity contribution in [3.05, 3.63) is 112 Å². The number of piperazine rings is 1. The quantitative estimate of drug-likeness (QED) is 0.289. The SMILES string of the molecule is Cc1cc(O)c(CN2CCN(Cc3ccc4c(c3)OCO4)CC2)c2c1C(=O)/C(=C/c1ccc(-c3ccccc3)cc1)O2. The molecule has 7 nitrogen and oxygen atoms in total. The number of hydrogen-bond donors (Lipinski definition) is 1. The average molecular weight is 561 g/mol. The van der Waals surface area contributed by atoms with Gasteiger partial charge in [-0.25, -0.2) is 0 Å². The molecule has 0 bridgehead atoms. The van der Waals surface area contributed by atoms with Crippen LogP contribution in [-0.2, 0) is 13.1 Å². The number of fused-ring (bicyclic) bond motifs is 2. The molecule has 0 saturated carbocycles. The number of aromatic hydroxyl groups is 1. The van der Waals surface area contributed by atoms with Crippen molar-refractivity contribution in [2.75, 3.05) is 33.0 Å². The van der Waals surface area contributed by atoms with Crippen LogP contribution >= 0.6 is 0 Å². The fourth-order valence-corrected chi connectivity index (χ4v) is 5.91. The van der Waals surface area contributed by atoms with E-state index in [0.717, 1.165) is 60.9 Å². The number of nitrogens with zero attached hydrogens (tertiary/aromatic N) is 2. The van der Waals surface area contributed by atoms with Crippen molar-refractivity contribution in [3.63, 3.8) is 0 Å². The third-order valence-corrected chi connectivity index (χ3v) is 8.23. The van der Waals surface area contributed by atoms with Crippen molar-refractivity contribution < 1.29 is 24.1 Å². The highest BCUT2D eigenvalue weighted by Crippen LogP contribution is 2.42. The van der Waals surface area contributed by atoms with Gasteiger partial charge >= 0.3 is 0 Å². The molecule has 0 unspecified atom stereocenters. The van der Waals surface area contributed by atoms with E-state index in [1.54, 1.807) is 12.1 Å². The van der Waals surface area contributed by atoms with Crippen molar-refractivity contribution >= 4 is 11.9 Å². The molecular weight excluding hydrogens is 528 g/mol. The summed E-state index contributed by atoms with van der Waals surface area (Å²) in [5.41, 5.74) is 6.25. The second kappa shape index (κ2) is 11.0. The molecule has 7 rings (SSSR count). The predicted molar refractivity (Wildman–Crippen MR) is 161 cm³/mol. The third kappa shape index (κ3) is 5.13. The summed E-state index contributed by atoms with van der Waals surface area (Å²) in [5.74, 6) is 2.38. The monoisotopic (exact) mass is 560 g/mol. The summed E-state index contributed by atoms with van der Waals surface area (Å²) >= 11 is 0. The average Bonchev–Trinajstić information content (AvgIpc) is 3.61. The van der Waals surface area contributed by atoms with Crippen LogP contribution in [0.15, 0.2) is 84.6 Å². The van der Waals surface area contributed by atoms with E-state index in [0.29, 0.717) is 29.0 Å². The maximum absolute atomic E-state index is 13.4. The number of phenols is 1. The van der Waals surface area contributed by atoms with Crippen LogP contribution in [0.25, 0.3) is 17.2 Å². The fraction of sp³-hybridized carbons (Fsp3) is 0.229. The number of carbonyl (C=O) groups excluding carboxylic acids is 1. The molecule has 0 atom stereocenters. The van der Waals surface area contributed by atoms with Gasteiger partial charge in [0.25, 0.3) is 0 Å². The van der Waals surface area contributed by atoms with Crippen molar-refractivity contribution in [2.24, 2.45) is 0 Å². The molecule has 3 heterocycles. The Balaban J connectivity index is 1.04. The molecule has 4 aromatic rings. The molecule has 0 radical (unpaired) electrons. The Kier molecular flexibility index (Phi) is 6.90. The Labute approximate surface area is 245 Å². The standard InChI is InChI=1S/C35H32N2O5/c1-23-17-29(38)28(21-37-15-13-36(14-16-37)20-25-9-12-30-31(19-25)41-22-40-30)35-33(23)34(39)32(42-35)18-24-7-10-27(11-8-24)26-5-3-2-4-6-26/h2-12,17-19,38H,13-16,20-22H2,1H3/b32-18-. The van der Waals surface area contributed by atoms with Gasteiger partial charge in [-0.1, -0.05) is 60.7 Å². The first-order chi connectivity index (χ1) is 20.5. The van der Waals surface area contributed by atoms with E-state index in [2.05, 4.69) is 34.1 Å². The summed E-state index contributed by atoms with van der Waals surface area (Å²) in [4.78, 5) is 18.2. The van der Waals surface area contributed by atoms with E-state index in [-0.39, 0.29) is 24.1 Å². The maximum Gasteiger partial charge on any atom is 0.232 e. The summed E-state index contributed by atoms with van der Waals surface area (Å²) in [6.45, 7) is 6.96. The summed E-state index contributed by atoms with van der Waals surface area (Å²) in [6, 6.07) is 26.0. The topological polar surface area (TPSA) is 71.5 Å². The number of hydrogen-bond acceptors (Lipinski definition) is 7. The van der Waals surface area contributed by atoms with Gasteiger partial charge in [-0.15, -0.1) is 0 Å². The lowest BCUT2D eigenvalue weighted by molar-refractivity contribution is 0.101. The molecule has 0 amide bonds. The molecule has 0 spiro atoms. The van der Waals surface area contributed by atoms with Crippen LogP contribution in [0.5, 0.6) is 23.0 Å². The molecule has 3 aliphatic rings. The number of aryl methyl sites for hydroxylation is 1. The number of allylic oxidation sites excluding steroid dienone is 1. The number of ether oxygens (including phenoxy) is 3. The van der Waals surface area contributed by atoms with Crippen molar-refractivity contribution in [2.45, 2.75) is 20.0 Å². The summed E-state index contributed by atoms with van der Waals surface area (Å²) < 4.78 is 17.2. The normalized spacial score (nSPS) is 17.5. The minimum absolute atomic E-state index is 0.149. The first-order valence-corrected chi connectivity index (χ1v) is 14.3.